The molecule has 10 heteroatoms. The molecule has 0 aliphatic heterocycles. The van der Waals surface area contributed by atoms with Gasteiger partial charge in [0.2, 0.25) is 0 Å². The molecular formula is C14H2F2N4O2S2. The molecule has 4 aromatic heterocycles. The summed E-state index contributed by atoms with van der Waals surface area (Å²) < 4.78 is 39.6. The highest BCUT2D eigenvalue weighted by Crippen LogP contribution is 2.46. The van der Waals surface area contributed by atoms with Gasteiger partial charge in [0.25, 0.3) is 0 Å². The molecular weight excluding hydrogens is 358 g/mol. The van der Waals surface area contributed by atoms with E-state index < -0.39 is 11.6 Å². The van der Waals surface area contributed by atoms with Gasteiger partial charge in [-0.2, -0.15) is 0 Å². The summed E-state index contributed by atoms with van der Waals surface area (Å²) in [4.78, 5) is 0. The molecule has 0 saturated carbocycles. The summed E-state index contributed by atoms with van der Waals surface area (Å²) in [5.41, 5.74) is 1.35. The van der Waals surface area contributed by atoms with Crippen molar-refractivity contribution < 1.29 is 18.0 Å². The van der Waals surface area contributed by atoms with Crippen LogP contribution in [0.2, 0.25) is 0 Å². The van der Waals surface area contributed by atoms with E-state index in [0.29, 0.717) is 53.0 Å². The summed E-state index contributed by atoms with van der Waals surface area (Å²) in [5, 5.41) is 20.2. The maximum Gasteiger partial charge on any atom is 0.147 e. The first-order valence-corrected chi connectivity index (χ1v) is 8.47. The van der Waals surface area contributed by atoms with Crippen LogP contribution in [0.5, 0.6) is 0 Å². The van der Waals surface area contributed by atoms with E-state index in [-0.39, 0.29) is 0 Å². The second-order valence-corrected chi connectivity index (χ2v) is 7.01. The molecule has 6 aromatic rings. The summed E-state index contributed by atoms with van der Waals surface area (Å²) in [7, 11) is 0. The van der Waals surface area contributed by atoms with E-state index >= 15 is 0 Å². The van der Waals surface area contributed by atoms with E-state index in [1.165, 1.54) is 33.4 Å². The summed E-state index contributed by atoms with van der Waals surface area (Å²) in [6.45, 7) is 0. The van der Waals surface area contributed by atoms with Gasteiger partial charge in [-0.1, -0.05) is 0 Å². The van der Waals surface area contributed by atoms with Crippen molar-refractivity contribution in [3.05, 3.63) is 22.4 Å². The average molecular weight is 360 g/mol. The Labute approximate surface area is 137 Å². The van der Waals surface area contributed by atoms with Gasteiger partial charge >= 0.3 is 0 Å². The zero-order valence-electron chi connectivity index (χ0n) is 11.3. The van der Waals surface area contributed by atoms with Crippen LogP contribution in [0.25, 0.3) is 53.0 Å². The predicted molar refractivity (Wildman–Crippen MR) is 85.4 cm³/mol. The van der Waals surface area contributed by atoms with Gasteiger partial charge in [0, 0.05) is 21.5 Å². The number of nitrogens with zero attached hydrogens (tertiary/aromatic N) is 4. The van der Waals surface area contributed by atoms with Crippen molar-refractivity contribution >= 4 is 75.7 Å². The third-order valence-electron chi connectivity index (χ3n) is 4.12. The number of benzene rings is 2. The van der Waals surface area contributed by atoms with Gasteiger partial charge in [0.15, 0.2) is 0 Å². The van der Waals surface area contributed by atoms with Gasteiger partial charge in [-0.15, -0.1) is 22.7 Å². The molecule has 6 rings (SSSR count). The topological polar surface area (TPSA) is 77.8 Å². The monoisotopic (exact) mass is 360 g/mol. The highest BCUT2D eigenvalue weighted by molar-refractivity contribution is 7.20. The smallest absolute Gasteiger partial charge is 0.147 e. The summed E-state index contributed by atoms with van der Waals surface area (Å²) in [6.07, 6.45) is 0. The number of rotatable bonds is 0. The van der Waals surface area contributed by atoms with Crippen molar-refractivity contribution in [2.75, 3.05) is 0 Å². The van der Waals surface area contributed by atoms with Gasteiger partial charge in [0.05, 0.1) is 20.2 Å². The van der Waals surface area contributed by atoms with Gasteiger partial charge in [0.1, 0.15) is 33.7 Å². The molecule has 0 bridgehead atoms. The number of hydrogen-bond acceptors (Lipinski definition) is 8. The minimum absolute atomic E-state index is 0.308. The quantitative estimate of drug-likeness (QED) is 0.393. The molecule has 0 amide bonds. The number of halogens is 2. The van der Waals surface area contributed by atoms with Crippen LogP contribution >= 0.6 is 22.7 Å². The Morgan fingerprint density at radius 1 is 0.625 bits per heavy atom. The lowest BCUT2D eigenvalue weighted by Gasteiger charge is -2.03. The summed E-state index contributed by atoms with van der Waals surface area (Å²) >= 11 is 2.42. The lowest BCUT2D eigenvalue weighted by Crippen LogP contribution is -1.85. The molecule has 0 fully saturated rings. The molecule has 24 heavy (non-hydrogen) atoms. The molecule has 116 valence electrons. The summed E-state index contributed by atoms with van der Waals surface area (Å²) in [5.74, 6) is -0.834. The maximum atomic E-state index is 14.3. The van der Waals surface area contributed by atoms with E-state index in [0.717, 1.165) is 0 Å². The van der Waals surface area contributed by atoms with Crippen LogP contribution in [0.4, 0.5) is 8.78 Å². The molecule has 0 aliphatic rings. The highest BCUT2D eigenvalue weighted by Gasteiger charge is 2.26. The SMILES string of the molecule is Fc1csc2c1c1nonc1c1c3scc(F)c3c3nonc3c21. The van der Waals surface area contributed by atoms with E-state index in [2.05, 4.69) is 20.6 Å². The lowest BCUT2D eigenvalue weighted by atomic mass is 10.0. The molecule has 6 nitrogen and oxygen atoms in total. The van der Waals surface area contributed by atoms with Crippen LogP contribution in [0, 0.1) is 11.6 Å². The number of thiophene rings is 2. The van der Waals surface area contributed by atoms with E-state index in [9.17, 15) is 8.78 Å². The third-order valence-corrected chi connectivity index (χ3v) is 6.06. The minimum Gasteiger partial charge on any atom is -0.243 e. The standard InChI is InChI=1S/C14H2F2N4O2S2/c15-3-1-23-13-5(3)9-12(20-21-17-9)8-7(13)11-10(18-22-19-11)6-4(16)2-24-14(6)8/h1-2H. The Bertz CT molecular complexity index is 1330. The second kappa shape index (κ2) is 4.02. The molecule has 2 aromatic carbocycles. The largest absolute Gasteiger partial charge is 0.243 e. The van der Waals surface area contributed by atoms with Crippen LogP contribution < -0.4 is 0 Å². The zero-order chi connectivity index (χ0) is 16.0. The van der Waals surface area contributed by atoms with E-state index in [1.54, 1.807) is 0 Å². The van der Waals surface area contributed by atoms with Crippen molar-refractivity contribution in [3.63, 3.8) is 0 Å². The second-order valence-electron chi connectivity index (χ2n) is 5.25. The number of hydrogen-bond donors (Lipinski definition) is 0. The molecule has 0 aliphatic carbocycles. The Hall–Kier alpha value is -2.72. The van der Waals surface area contributed by atoms with Crippen molar-refractivity contribution in [2.24, 2.45) is 0 Å². The molecule has 0 N–H and O–H groups in total. The Kier molecular flexibility index (Phi) is 2.12. The fourth-order valence-electron chi connectivity index (χ4n) is 3.20. The first-order valence-electron chi connectivity index (χ1n) is 6.71. The van der Waals surface area contributed by atoms with Gasteiger partial charge in [-0.3, -0.25) is 0 Å². The van der Waals surface area contributed by atoms with Crippen molar-refractivity contribution in [2.45, 2.75) is 0 Å². The normalized spacial score (nSPS) is 12.6. The Balaban J connectivity index is 2.16. The Morgan fingerprint density at radius 3 is 1.42 bits per heavy atom. The molecule has 0 spiro atoms. The number of aromatic nitrogens is 4. The van der Waals surface area contributed by atoms with Gasteiger partial charge < -0.3 is 0 Å². The van der Waals surface area contributed by atoms with Gasteiger partial charge in [-0.05, 0) is 20.6 Å². The summed E-state index contributed by atoms with van der Waals surface area (Å²) in [6, 6.07) is 0. The number of fused-ring (bicyclic) bond motifs is 11. The third kappa shape index (κ3) is 1.27. The average Bonchev–Trinajstić information content (AvgIpc) is 3.31. The predicted octanol–water partition coefficient (Wildman–Crippen LogP) is 4.62. The fraction of sp³-hybridized carbons (Fsp3) is 0. The molecule has 4 heterocycles. The fourth-order valence-corrected chi connectivity index (χ4v) is 5.13. The van der Waals surface area contributed by atoms with E-state index in [4.69, 9.17) is 9.26 Å². The molecule has 0 atom stereocenters. The van der Waals surface area contributed by atoms with Crippen molar-refractivity contribution in [1.29, 1.82) is 0 Å². The van der Waals surface area contributed by atoms with Crippen LogP contribution in [-0.2, 0) is 0 Å². The minimum atomic E-state index is -0.417. The Morgan fingerprint density at radius 2 is 1.00 bits per heavy atom. The maximum absolute atomic E-state index is 14.3. The first kappa shape index (κ1) is 12.7. The van der Waals surface area contributed by atoms with Gasteiger partial charge in [-0.25, -0.2) is 18.0 Å². The lowest BCUT2D eigenvalue weighted by molar-refractivity contribution is 0.316. The van der Waals surface area contributed by atoms with Crippen LogP contribution in [0.15, 0.2) is 20.0 Å². The van der Waals surface area contributed by atoms with E-state index in [1.807, 2.05) is 0 Å². The van der Waals surface area contributed by atoms with Crippen LogP contribution in [-0.4, -0.2) is 20.6 Å². The van der Waals surface area contributed by atoms with Crippen molar-refractivity contribution in [3.8, 4) is 0 Å². The molecule has 0 radical (unpaired) electrons. The first-order chi connectivity index (χ1) is 11.8. The van der Waals surface area contributed by atoms with Crippen LogP contribution in [0.1, 0.15) is 0 Å². The molecule has 0 unspecified atom stereocenters. The van der Waals surface area contributed by atoms with Crippen LogP contribution in [0.3, 0.4) is 0 Å². The molecule has 0 saturated heterocycles. The highest BCUT2D eigenvalue weighted by atomic mass is 32.1. The zero-order valence-corrected chi connectivity index (χ0v) is 13.0. The van der Waals surface area contributed by atoms with Crippen molar-refractivity contribution in [1.82, 2.24) is 20.6 Å².